The van der Waals surface area contributed by atoms with Gasteiger partial charge in [0.05, 0.1) is 16.8 Å². The van der Waals surface area contributed by atoms with Crippen molar-refractivity contribution in [3.8, 4) is 11.5 Å². The highest BCUT2D eigenvalue weighted by Crippen LogP contribution is 2.25. The summed E-state index contributed by atoms with van der Waals surface area (Å²) >= 11 is 17.9. The van der Waals surface area contributed by atoms with Crippen LogP contribution in [0.4, 0.5) is 4.39 Å². The third-order valence-corrected chi connectivity index (χ3v) is 4.80. The molecule has 1 amide bonds. The molecule has 0 atom stereocenters. The predicted octanol–water partition coefficient (Wildman–Crippen LogP) is 5.83. The van der Waals surface area contributed by atoms with E-state index in [-0.39, 0.29) is 28.5 Å². The van der Waals surface area contributed by atoms with Gasteiger partial charge >= 0.3 is 0 Å². The number of hydrogen-bond donors (Lipinski definition) is 2. The Bertz CT molecular complexity index is 1100. The number of amides is 1. The third kappa shape index (κ3) is 5.42. The first-order chi connectivity index (χ1) is 14.3. The molecule has 0 fully saturated rings. The minimum Gasteiger partial charge on any atom is -0.507 e. The van der Waals surface area contributed by atoms with E-state index >= 15 is 0 Å². The van der Waals surface area contributed by atoms with E-state index in [9.17, 15) is 14.3 Å². The number of aromatic hydroxyl groups is 1. The fourth-order valence-corrected chi connectivity index (χ4v) is 3.05. The lowest BCUT2D eigenvalue weighted by Gasteiger charge is -2.11. The van der Waals surface area contributed by atoms with Crippen molar-refractivity contribution in [2.75, 3.05) is 0 Å². The van der Waals surface area contributed by atoms with Crippen LogP contribution in [0.2, 0.25) is 15.1 Å². The van der Waals surface area contributed by atoms with Gasteiger partial charge in [-0.05, 0) is 48.5 Å². The van der Waals surface area contributed by atoms with Crippen LogP contribution in [0.25, 0.3) is 0 Å². The van der Waals surface area contributed by atoms with Gasteiger partial charge in [-0.25, -0.2) is 9.82 Å². The Morgan fingerprint density at radius 1 is 1.10 bits per heavy atom. The molecule has 9 heteroatoms. The molecule has 0 aliphatic heterocycles. The summed E-state index contributed by atoms with van der Waals surface area (Å²) in [6.45, 7) is -0.114. The number of rotatable bonds is 6. The van der Waals surface area contributed by atoms with Gasteiger partial charge in [-0.1, -0.05) is 40.9 Å². The van der Waals surface area contributed by atoms with E-state index in [0.29, 0.717) is 21.4 Å². The molecule has 0 aliphatic carbocycles. The molecular weight excluding hydrogens is 454 g/mol. The fourth-order valence-electron chi connectivity index (χ4n) is 2.48. The van der Waals surface area contributed by atoms with E-state index in [1.165, 1.54) is 36.5 Å². The summed E-state index contributed by atoms with van der Waals surface area (Å²) in [5, 5.41) is 14.6. The first-order valence-electron chi connectivity index (χ1n) is 8.52. The van der Waals surface area contributed by atoms with Crippen LogP contribution in [0, 0.1) is 5.82 Å². The van der Waals surface area contributed by atoms with Crippen molar-refractivity contribution in [3.63, 3.8) is 0 Å². The molecule has 30 heavy (non-hydrogen) atoms. The summed E-state index contributed by atoms with van der Waals surface area (Å²) in [7, 11) is 0. The van der Waals surface area contributed by atoms with Crippen LogP contribution in [0.5, 0.6) is 11.5 Å². The Labute approximate surface area is 186 Å². The maximum atomic E-state index is 13.9. The lowest BCUT2D eigenvalue weighted by atomic mass is 10.2. The second-order valence-electron chi connectivity index (χ2n) is 6.03. The average molecular weight is 468 g/mol. The third-order valence-electron chi connectivity index (χ3n) is 3.98. The zero-order valence-corrected chi connectivity index (χ0v) is 17.5. The highest BCUT2D eigenvalue weighted by atomic mass is 35.5. The number of halogens is 4. The van der Waals surface area contributed by atoms with Crippen molar-refractivity contribution in [1.82, 2.24) is 5.43 Å². The van der Waals surface area contributed by atoms with Crippen LogP contribution in [0.3, 0.4) is 0 Å². The molecule has 2 N–H and O–H groups in total. The van der Waals surface area contributed by atoms with Gasteiger partial charge in [-0.15, -0.1) is 0 Å². The van der Waals surface area contributed by atoms with Crippen LogP contribution in [0.1, 0.15) is 21.5 Å². The number of phenols is 1. The minimum absolute atomic E-state index is 0.0311. The number of nitrogens with one attached hydrogen (secondary N) is 1. The van der Waals surface area contributed by atoms with E-state index in [4.69, 9.17) is 39.5 Å². The molecule has 0 aliphatic rings. The summed E-state index contributed by atoms with van der Waals surface area (Å²) in [4.78, 5) is 12.2. The van der Waals surface area contributed by atoms with Crippen molar-refractivity contribution in [2.45, 2.75) is 6.61 Å². The monoisotopic (exact) mass is 466 g/mol. The topological polar surface area (TPSA) is 70.9 Å². The normalized spacial score (nSPS) is 10.9. The van der Waals surface area contributed by atoms with E-state index in [1.54, 1.807) is 24.3 Å². The van der Waals surface area contributed by atoms with Crippen LogP contribution in [0.15, 0.2) is 59.7 Å². The van der Waals surface area contributed by atoms with Crippen molar-refractivity contribution >= 4 is 46.9 Å². The molecule has 3 aromatic rings. The van der Waals surface area contributed by atoms with Gasteiger partial charge in [0, 0.05) is 21.2 Å². The fraction of sp³-hybridized carbons (Fsp3) is 0.0476. The van der Waals surface area contributed by atoms with Gasteiger partial charge in [-0.2, -0.15) is 5.10 Å². The van der Waals surface area contributed by atoms with Crippen LogP contribution in [-0.2, 0) is 6.61 Å². The highest BCUT2D eigenvalue weighted by Gasteiger charge is 2.12. The van der Waals surface area contributed by atoms with Gasteiger partial charge in [0.15, 0.2) is 0 Å². The van der Waals surface area contributed by atoms with Crippen LogP contribution >= 0.6 is 34.8 Å². The average Bonchev–Trinajstić information content (AvgIpc) is 2.70. The maximum Gasteiger partial charge on any atom is 0.275 e. The lowest BCUT2D eigenvalue weighted by Crippen LogP contribution is -2.17. The Balaban J connectivity index is 1.75. The smallest absolute Gasteiger partial charge is 0.275 e. The summed E-state index contributed by atoms with van der Waals surface area (Å²) in [5.41, 5.74) is 2.90. The largest absolute Gasteiger partial charge is 0.507 e. The summed E-state index contributed by atoms with van der Waals surface area (Å²) in [5.74, 6) is -1.03. The minimum atomic E-state index is -0.658. The predicted molar refractivity (Wildman–Crippen MR) is 115 cm³/mol. The van der Waals surface area contributed by atoms with Crippen molar-refractivity contribution in [2.24, 2.45) is 5.10 Å². The summed E-state index contributed by atoms with van der Waals surface area (Å²) in [6.07, 6.45) is 1.31. The van der Waals surface area contributed by atoms with Crippen LogP contribution < -0.4 is 10.2 Å². The molecule has 0 aromatic heterocycles. The Hall–Kier alpha value is -2.80. The maximum absolute atomic E-state index is 13.9. The van der Waals surface area contributed by atoms with Crippen molar-refractivity contribution < 1.29 is 19.0 Å². The number of benzene rings is 3. The number of hydrogen-bond acceptors (Lipinski definition) is 4. The molecule has 0 radical (unpaired) electrons. The molecule has 5 nitrogen and oxygen atoms in total. The quantitative estimate of drug-likeness (QED) is 0.354. The first kappa shape index (κ1) is 21.9. The Morgan fingerprint density at radius 2 is 1.83 bits per heavy atom. The second-order valence-corrected chi connectivity index (χ2v) is 7.31. The number of carbonyl (C=O) groups excluding carboxylic acids is 1. The molecule has 0 heterocycles. The van der Waals surface area contributed by atoms with E-state index in [0.717, 1.165) is 0 Å². The molecule has 0 bridgehead atoms. The van der Waals surface area contributed by atoms with Crippen LogP contribution in [-0.4, -0.2) is 17.2 Å². The van der Waals surface area contributed by atoms with Gasteiger partial charge in [-0.3, -0.25) is 4.79 Å². The highest BCUT2D eigenvalue weighted by molar-refractivity contribution is 6.31. The number of nitrogens with zero attached hydrogens (tertiary/aromatic N) is 1. The van der Waals surface area contributed by atoms with Crippen molar-refractivity contribution in [1.29, 1.82) is 0 Å². The summed E-state index contributed by atoms with van der Waals surface area (Å²) in [6, 6.07) is 13.2. The zero-order chi connectivity index (χ0) is 21.7. The Morgan fingerprint density at radius 3 is 2.60 bits per heavy atom. The summed E-state index contributed by atoms with van der Waals surface area (Å²) < 4.78 is 19.6. The number of phenolic OH excluding ortho intramolecular Hbond substituents is 1. The van der Waals surface area contributed by atoms with E-state index in [1.807, 2.05) is 0 Å². The second kappa shape index (κ2) is 9.80. The standard InChI is InChI=1S/C21H14Cl3FN2O3/c22-13-5-7-20(30-11-16-17(24)2-1-3-18(16)25)12(8-13)10-26-27-21(29)15-9-14(23)4-6-19(15)28/h1-10,28H,11H2,(H,27,29). The lowest BCUT2D eigenvalue weighted by molar-refractivity contribution is 0.0952. The number of ether oxygens (including phenoxy) is 1. The van der Waals surface area contributed by atoms with E-state index in [2.05, 4.69) is 10.5 Å². The van der Waals surface area contributed by atoms with Gasteiger partial charge < -0.3 is 9.84 Å². The zero-order valence-electron chi connectivity index (χ0n) is 15.2. The SMILES string of the molecule is O=C(NN=Cc1cc(Cl)ccc1OCc1c(F)cccc1Cl)c1cc(Cl)ccc1O. The van der Waals surface area contributed by atoms with Gasteiger partial charge in [0.1, 0.15) is 23.9 Å². The molecule has 0 saturated heterocycles. The number of hydrazone groups is 1. The van der Waals surface area contributed by atoms with Gasteiger partial charge in [0.2, 0.25) is 0 Å². The number of carbonyl (C=O) groups is 1. The first-order valence-corrected chi connectivity index (χ1v) is 9.65. The molecule has 0 unspecified atom stereocenters. The molecule has 0 saturated carbocycles. The van der Waals surface area contributed by atoms with Gasteiger partial charge in [0.25, 0.3) is 5.91 Å². The molecule has 154 valence electrons. The Kier molecular flexibility index (Phi) is 7.15. The molecule has 3 rings (SSSR count). The van der Waals surface area contributed by atoms with E-state index < -0.39 is 11.7 Å². The molecule has 3 aromatic carbocycles. The van der Waals surface area contributed by atoms with Crippen molar-refractivity contribution in [3.05, 3.63) is 92.2 Å². The molecular formula is C21H14Cl3FN2O3. The molecule has 0 spiro atoms.